The molecule has 1 unspecified atom stereocenters. The van der Waals surface area contributed by atoms with Crippen LogP contribution in [0.5, 0.6) is 5.88 Å². The minimum Gasteiger partial charge on any atom is -0.463 e. The van der Waals surface area contributed by atoms with Crippen molar-refractivity contribution in [2.45, 2.75) is 44.9 Å². The standard InChI is InChI=1S/C25H30Cl2N4O4S/c1-2-21(35-24-20(27)9-18(26)13-29-24)23(33)28-12-16-4-3-5-17(8-16)22(32)30-19-10-25(11-19)14-31(15-25)6-7-36-34/h3-5,8-9,13,19,21,34H,2,6-7,10-12,14-15H2,1H3,(H,28,33)(H,30,32). The van der Waals surface area contributed by atoms with Crippen molar-refractivity contribution in [3.8, 4) is 5.88 Å². The van der Waals surface area contributed by atoms with Gasteiger partial charge in [-0.3, -0.25) is 9.59 Å². The molecule has 1 aromatic heterocycles. The molecule has 2 aromatic rings. The predicted octanol–water partition coefficient (Wildman–Crippen LogP) is 4.26. The van der Waals surface area contributed by atoms with Crippen molar-refractivity contribution < 1.29 is 18.9 Å². The smallest absolute Gasteiger partial charge is 0.261 e. The maximum atomic E-state index is 12.8. The average Bonchev–Trinajstić information content (AvgIpc) is 2.82. The quantitative estimate of drug-likeness (QED) is 0.357. The van der Waals surface area contributed by atoms with Crippen LogP contribution in [0.25, 0.3) is 0 Å². The van der Waals surface area contributed by atoms with Gasteiger partial charge < -0.3 is 24.8 Å². The molecular formula is C25H30Cl2N4O4S. The van der Waals surface area contributed by atoms with Crippen molar-refractivity contribution in [2.24, 2.45) is 5.41 Å². The molecule has 0 radical (unpaired) electrons. The highest BCUT2D eigenvalue weighted by Gasteiger charge is 2.52. The minimum atomic E-state index is -0.765. The number of pyridine rings is 1. The van der Waals surface area contributed by atoms with Crippen molar-refractivity contribution in [2.75, 3.05) is 25.4 Å². The Balaban J connectivity index is 1.24. The number of nitrogens with zero attached hydrogens (tertiary/aromatic N) is 2. The first kappa shape index (κ1) is 27.0. The predicted molar refractivity (Wildman–Crippen MR) is 142 cm³/mol. The number of carbonyl (C=O) groups excluding carboxylic acids is 2. The van der Waals surface area contributed by atoms with E-state index in [1.807, 2.05) is 19.1 Å². The molecule has 1 saturated carbocycles. The van der Waals surface area contributed by atoms with Gasteiger partial charge in [0.25, 0.3) is 11.8 Å². The summed E-state index contributed by atoms with van der Waals surface area (Å²) in [5.41, 5.74) is 1.71. The molecule has 1 aliphatic carbocycles. The summed E-state index contributed by atoms with van der Waals surface area (Å²) in [4.78, 5) is 31.9. The Morgan fingerprint density at radius 1 is 1.31 bits per heavy atom. The van der Waals surface area contributed by atoms with Crippen LogP contribution in [0.4, 0.5) is 0 Å². The Bertz CT molecular complexity index is 1090. The lowest BCUT2D eigenvalue weighted by atomic mass is 9.60. The second-order valence-electron chi connectivity index (χ2n) is 9.50. The van der Waals surface area contributed by atoms with Crippen molar-refractivity contribution in [3.05, 3.63) is 57.7 Å². The van der Waals surface area contributed by atoms with Gasteiger partial charge in [-0.15, -0.1) is 0 Å². The van der Waals surface area contributed by atoms with E-state index in [1.54, 1.807) is 12.1 Å². The van der Waals surface area contributed by atoms with Crippen LogP contribution < -0.4 is 15.4 Å². The van der Waals surface area contributed by atoms with Crippen LogP contribution in [0.1, 0.15) is 42.1 Å². The molecule has 4 rings (SSSR count). The molecule has 194 valence electrons. The SMILES string of the molecule is CCC(Oc1ncc(Cl)cc1Cl)C(=O)NCc1cccc(C(=O)NC2CC3(C2)CN(CCSO)C3)c1. The molecule has 0 bridgehead atoms. The summed E-state index contributed by atoms with van der Waals surface area (Å²) in [7, 11) is 0. The van der Waals surface area contributed by atoms with E-state index in [9.17, 15) is 9.59 Å². The van der Waals surface area contributed by atoms with E-state index in [1.165, 1.54) is 12.3 Å². The molecular weight excluding hydrogens is 523 g/mol. The van der Waals surface area contributed by atoms with E-state index < -0.39 is 6.10 Å². The zero-order valence-corrected chi connectivity index (χ0v) is 22.3. The number of aromatic nitrogens is 1. The van der Waals surface area contributed by atoms with E-state index in [-0.39, 0.29) is 35.3 Å². The maximum absolute atomic E-state index is 12.8. The van der Waals surface area contributed by atoms with Crippen molar-refractivity contribution in [3.63, 3.8) is 0 Å². The number of ether oxygens (including phenoxy) is 1. The summed E-state index contributed by atoms with van der Waals surface area (Å²) in [5, 5.41) is 6.61. The summed E-state index contributed by atoms with van der Waals surface area (Å²) < 4.78 is 14.6. The Hall–Kier alpha value is -2.04. The Morgan fingerprint density at radius 3 is 2.78 bits per heavy atom. The molecule has 1 aliphatic heterocycles. The van der Waals surface area contributed by atoms with Gasteiger partial charge >= 0.3 is 0 Å². The zero-order chi connectivity index (χ0) is 25.7. The van der Waals surface area contributed by atoms with Crippen molar-refractivity contribution in [1.29, 1.82) is 0 Å². The summed E-state index contributed by atoms with van der Waals surface area (Å²) in [5.74, 6) is 0.479. The molecule has 2 amide bonds. The van der Waals surface area contributed by atoms with Gasteiger partial charge in [-0.05, 0) is 60.5 Å². The highest BCUT2D eigenvalue weighted by atomic mass is 35.5. The number of nitrogens with one attached hydrogen (secondary N) is 2. The summed E-state index contributed by atoms with van der Waals surface area (Å²) >= 11 is 12.9. The van der Waals surface area contributed by atoms with Gasteiger partial charge in [0.1, 0.15) is 5.02 Å². The molecule has 3 N–H and O–H groups in total. The monoisotopic (exact) mass is 552 g/mol. The van der Waals surface area contributed by atoms with E-state index in [4.69, 9.17) is 32.5 Å². The van der Waals surface area contributed by atoms with Crippen LogP contribution in [-0.2, 0) is 11.3 Å². The number of carbonyl (C=O) groups is 2. The number of hydrogen-bond donors (Lipinski definition) is 3. The van der Waals surface area contributed by atoms with Crippen LogP contribution in [0.3, 0.4) is 0 Å². The fourth-order valence-corrected chi connectivity index (χ4v) is 5.68. The number of rotatable bonds is 11. The minimum absolute atomic E-state index is 0.103. The van der Waals surface area contributed by atoms with Gasteiger partial charge in [-0.2, -0.15) is 0 Å². The lowest BCUT2D eigenvalue weighted by Gasteiger charge is -2.59. The number of amides is 2. The number of hydrogen-bond acceptors (Lipinski definition) is 7. The summed E-state index contributed by atoms with van der Waals surface area (Å²) in [6.07, 6.45) is 3.05. The Labute approximate surface area is 225 Å². The number of likely N-dealkylation sites (tertiary alicyclic amines) is 1. The first-order valence-electron chi connectivity index (χ1n) is 11.9. The molecule has 8 nitrogen and oxygen atoms in total. The fraction of sp³-hybridized carbons (Fsp3) is 0.480. The third-order valence-corrected chi connectivity index (χ3v) is 7.50. The van der Waals surface area contributed by atoms with Gasteiger partial charge in [0.05, 0.1) is 5.02 Å². The summed E-state index contributed by atoms with van der Waals surface area (Å²) in [6, 6.07) is 8.94. The largest absolute Gasteiger partial charge is 0.463 e. The van der Waals surface area contributed by atoms with E-state index in [2.05, 4.69) is 20.5 Å². The molecule has 1 spiro atoms. The third kappa shape index (κ3) is 6.63. The molecule has 2 heterocycles. The zero-order valence-electron chi connectivity index (χ0n) is 20.0. The Kier molecular flexibility index (Phi) is 9.00. The number of benzene rings is 1. The van der Waals surface area contributed by atoms with Crippen molar-refractivity contribution >= 4 is 47.1 Å². The topological polar surface area (TPSA) is 104 Å². The first-order valence-corrected chi connectivity index (χ1v) is 13.6. The molecule has 1 aromatic carbocycles. The molecule has 1 atom stereocenters. The molecule has 2 fully saturated rings. The normalized spacial score (nSPS) is 17.7. The number of halogens is 2. The van der Waals surface area contributed by atoms with Gasteiger partial charge in [0.15, 0.2) is 6.10 Å². The van der Waals surface area contributed by atoms with Gasteiger partial charge in [-0.25, -0.2) is 4.98 Å². The summed E-state index contributed by atoms with van der Waals surface area (Å²) in [6.45, 7) is 5.07. The lowest BCUT2D eigenvalue weighted by Crippen LogP contribution is -2.66. The van der Waals surface area contributed by atoms with Crippen LogP contribution in [0.2, 0.25) is 10.0 Å². The maximum Gasteiger partial charge on any atom is 0.261 e. The van der Waals surface area contributed by atoms with Gasteiger partial charge in [0, 0.05) is 49.7 Å². The fourth-order valence-electron chi connectivity index (χ4n) is 4.92. The lowest BCUT2D eigenvalue weighted by molar-refractivity contribution is -0.128. The average molecular weight is 554 g/mol. The highest BCUT2D eigenvalue weighted by molar-refractivity contribution is 7.93. The van der Waals surface area contributed by atoms with Crippen LogP contribution in [0, 0.1) is 5.41 Å². The van der Waals surface area contributed by atoms with Crippen LogP contribution in [0.15, 0.2) is 36.5 Å². The third-order valence-electron chi connectivity index (χ3n) is 6.66. The van der Waals surface area contributed by atoms with Crippen LogP contribution >= 0.6 is 35.2 Å². The molecule has 1 saturated heterocycles. The van der Waals surface area contributed by atoms with Gasteiger partial charge in [-0.1, -0.05) is 42.3 Å². The van der Waals surface area contributed by atoms with Gasteiger partial charge in [0.2, 0.25) is 5.88 Å². The second-order valence-corrected chi connectivity index (χ2v) is 11.0. The molecule has 2 aliphatic rings. The van der Waals surface area contributed by atoms with Crippen LogP contribution in [-0.4, -0.2) is 63.8 Å². The van der Waals surface area contributed by atoms with Crippen molar-refractivity contribution in [1.82, 2.24) is 20.5 Å². The molecule has 11 heteroatoms. The first-order chi connectivity index (χ1) is 17.3. The second kappa shape index (κ2) is 12.0. The Morgan fingerprint density at radius 2 is 2.08 bits per heavy atom. The van der Waals surface area contributed by atoms with E-state index in [0.29, 0.717) is 22.4 Å². The highest BCUT2D eigenvalue weighted by Crippen LogP contribution is 2.48. The molecule has 36 heavy (non-hydrogen) atoms. The van der Waals surface area contributed by atoms with E-state index >= 15 is 0 Å². The van der Waals surface area contributed by atoms with E-state index in [0.717, 1.165) is 55.8 Å².